The van der Waals surface area contributed by atoms with E-state index in [1.54, 1.807) is 12.1 Å². The zero-order valence-electron chi connectivity index (χ0n) is 18.0. The van der Waals surface area contributed by atoms with Gasteiger partial charge in [-0.3, -0.25) is 0 Å². The molecule has 1 unspecified atom stereocenters. The fourth-order valence-electron chi connectivity index (χ4n) is 3.74. The minimum absolute atomic E-state index is 0.405. The van der Waals surface area contributed by atoms with Crippen molar-refractivity contribution in [2.24, 2.45) is 0 Å². The van der Waals surface area contributed by atoms with Crippen LogP contribution in [0.25, 0.3) is 0 Å². The third-order valence-electron chi connectivity index (χ3n) is 5.29. The molecule has 0 radical (unpaired) electrons. The van der Waals surface area contributed by atoms with Gasteiger partial charge in [0.1, 0.15) is 0 Å². The zero-order valence-corrected chi connectivity index (χ0v) is 19.8. The van der Waals surface area contributed by atoms with Crippen molar-refractivity contribution in [3.63, 3.8) is 0 Å². The molecule has 0 aliphatic rings. The first-order valence-electron chi connectivity index (χ1n) is 10.0. The van der Waals surface area contributed by atoms with Gasteiger partial charge in [-0.25, -0.2) is 8.42 Å². The van der Waals surface area contributed by atoms with Crippen molar-refractivity contribution >= 4 is 17.9 Å². The maximum Gasteiger partial charge on any atom is 0.187 e. The van der Waals surface area contributed by atoms with E-state index in [9.17, 15) is 8.42 Å². The van der Waals surface area contributed by atoms with Crippen molar-refractivity contribution in [1.29, 1.82) is 0 Å². The smallest absolute Gasteiger partial charge is 0.187 e. The number of benzene rings is 2. The lowest BCUT2D eigenvalue weighted by molar-refractivity contribution is 0.504. The summed E-state index contributed by atoms with van der Waals surface area (Å²) >= 11 is 0. The van der Waals surface area contributed by atoms with Gasteiger partial charge in [-0.1, -0.05) is 67.7 Å². The number of aryl methyl sites for hydroxylation is 1. The average Bonchev–Trinajstić information content (AvgIpc) is 2.61. The van der Waals surface area contributed by atoms with Crippen LogP contribution < -0.4 is 0 Å². The highest BCUT2D eigenvalue weighted by Gasteiger charge is 2.42. The largest absolute Gasteiger partial charge is 0.223 e. The first kappa shape index (κ1) is 22.6. The molecule has 0 fully saturated rings. The Morgan fingerprint density at radius 3 is 2.21 bits per heavy atom. The molecular weight excluding hydrogens is 380 g/mol. The maximum absolute atomic E-state index is 13.9. The second kappa shape index (κ2) is 8.79. The molecule has 0 saturated heterocycles. The summed E-state index contributed by atoms with van der Waals surface area (Å²) in [4.78, 5) is 0.405. The third kappa shape index (κ3) is 5.03. The van der Waals surface area contributed by atoms with Crippen molar-refractivity contribution in [3.8, 4) is 0 Å². The minimum Gasteiger partial charge on any atom is -0.223 e. The molecule has 152 valence electrons. The van der Waals surface area contributed by atoms with Crippen molar-refractivity contribution in [3.05, 3.63) is 77.9 Å². The molecule has 2 aromatic rings. The highest BCUT2D eigenvalue weighted by Crippen LogP contribution is 2.42. The lowest BCUT2D eigenvalue weighted by Crippen LogP contribution is -2.35. The van der Waals surface area contributed by atoms with E-state index in [0.717, 1.165) is 30.0 Å². The van der Waals surface area contributed by atoms with Crippen LogP contribution in [0.1, 0.15) is 42.9 Å². The third-order valence-corrected chi connectivity index (χ3v) is 9.24. The van der Waals surface area contributed by atoms with Gasteiger partial charge < -0.3 is 0 Å². The Hall–Kier alpha value is -1.65. The first-order valence-corrected chi connectivity index (χ1v) is 15.2. The van der Waals surface area contributed by atoms with Crippen molar-refractivity contribution in [2.75, 3.05) is 0 Å². The summed E-state index contributed by atoms with van der Waals surface area (Å²) in [6, 6.07) is 16.4. The van der Waals surface area contributed by atoms with Gasteiger partial charge in [-0.2, -0.15) is 0 Å². The molecule has 0 bridgehead atoms. The van der Waals surface area contributed by atoms with Crippen LogP contribution in [0.15, 0.2) is 66.1 Å². The number of hydrogen-bond acceptors (Lipinski definition) is 2. The van der Waals surface area contributed by atoms with E-state index in [0.29, 0.717) is 11.3 Å². The number of sulfone groups is 1. The van der Waals surface area contributed by atoms with Crippen molar-refractivity contribution in [1.82, 2.24) is 0 Å². The summed E-state index contributed by atoms with van der Waals surface area (Å²) in [5, 5.41) is 0. The van der Waals surface area contributed by atoms with Gasteiger partial charge in [0.15, 0.2) is 9.84 Å². The van der Waals surface area contributed by atoms with E-state index in [-0.39, 0.29) is 0 Å². The maximum atomic E-state index is 13.9. The average molecular weight is 415 g/mol. The molecule has 2 aromatic carbocycles. The standard InChI is InChI=1S/C24H34O2SSi/c1-7-8-11-18-24(3,27(25,26)22-16-14-20(2)15-17-22)23-13-10-9-12-21(23)19-28(4,5)6/h7,9-10,12-17H,1,8,11,18-19H2,2-6H3. The summed E-state index contributed by atoms with van der Waals surface area (Å²) in [6.45, 7) is 14.7. The van der Waals surface area contributed by atoms with E-state index in [4.69, 9.17) is 0 Å². The Bertz CT molecular complexity index is 908. The van der Waals surface area contributed by atoms with Gasteiger partial charge in [-0.05, 0) is 62.4 Å². The van der Waals surface area contributed by atoms with Crippen LogP contribution in [-0.4, -0.2) is 16.5 Å². The molecule has 0 saturated carbocycles. The molecule has 0 aliphatic carbocycles. The molecule has 4 heteroatoms. The summed E-state index contributed by atoms with van der Waals surface area (Å²) in [7, 11) is -4.95. The van der Waals surface area contributed by atoms with E-state index in [2.05, 4.69) is 32.3 Å². The van der Waals surface area contributed by atoms with Crippen LogP contribution >= 0.6 is 0 Å². The molecule has 0 N–H and O–H groups in total. The van der Waals surface area contributed by atoms with E-state index in [1.165, 1.54) is 5.56 Å². The quantitative estimate of drug-likeness (QED) is 0.268. The van der Waals surface area contributed by atoms with Crippen LogP contribution in [0.3, 0.4) is 0 Å². The predicted octanol–water partition coefficient (Wildman–Crippen LogP) is 6.46. The van der Waals surface area contributed by atoms with E-state index < -0.39 is 22.7 Å². The molecule has 1 atom stereocenters. The Kier molecular flexibility index (Phi) is 7.10. The number of rotatable bonds is 9. The predicted molar refractivity (Wildman–Crippen MR) is 123 cm³/mol. The normalized spacial score (nSPS) is 14.5. The summed E-state index contributed by atoms with van der Waals surface area (Å²) in [5.41, 5.74) is 3.20. The fourth-order valence-corrected chi connectivity index (χ4v) is 7.10. The lowest BCUT2D eigenvalue weighted by atomic mass is 9.91. The Balaban J connectivity index is 2.64. The Labute approximate surface area is 172 Å². The van der Waals surface area contributed by atoms with E-state index >= 15 is 0 Å². The van der Waals surface area contributed by atoms with Crippen LogP contribution in [-0.2, 0) is 20.6 Å². The van der Waals surface area contributed by atoms with Crippen LogP contribution in [0.5, 0.6) is 0 Å². The molecule has 0 aromatic heterocycles. The fraction of sp³-hybridized carbons (Fsp3) is 0.417. The van der Waals surface area contributed by atoms with Gasteiger partial charge in [0.2, 0.25) is 0 Å². The molecular formula is C24H34O2SSi. The molecule has 0 heterocycles. The monoisotopic (exact) mass is 414 g/mol. The highest BCUT2D eigenvalue weighted by atomic mass is 32.2. The molecule has 0 amide bonds. The van der Waals surface area contributed by atoms with Crippen LogP contribution in [0, 0.1) is 6.92 Å². The second-order valence-electron chi connectivity index (χ2n) is 9.12. The first-order chi connectivity index (χ1) is 13.0. The van der Waals surface area contributed by atoms with Gasteiger partial charge in [0.25, 0.3) is 0 Å². The van der Waals surface area contributed by atoms with Crippen molar-refractivity contribution in [2.45, 2.75) is 68.4 Å². The summed E-state index contributed by atoms with van der Waals surface area (Å²) in [6.07, 6.45) is 4.06. The van der Waals surface area contributed by atoms with Gasteiger partial charge in [0, 0.05) is 8.07 Å². The summed E-state index contributed by atoms with van der Waals surface area (Å²) < 4.78 is 26.8. The van der Waals surface area contributed by atoms with Gasteiger partial charge in [-0.15, -0.1) is 6.58 Å². The number of allylic oxidation sites excluding steroid dienone is 1. The summed E-state index contributed by atoms with van der Waals surface area (Å²) in [5.74, 6) is 0. The molecule has 28 heavy (non-hydrogen) atoms. The molecule has 0 spiro atoms. The second-order valence-corrected chi connectivity index (χ2v) is 17.0. The molecule has 2 nitrogen and oxygen atoms in total. The van der Waals surface area contributed by atoms with Crippen molar-refractivity contribution < 1.29 is 8.42 Å². The molecule has 0 aliphatic heterocycles. The van der Waals surface area contributed by atoms with Gasteiger partial charge in [0.05, 0.1) is 9.64 Å². The lowest BCUT2D eigenvalue weighted by Gasteiger charge is -2.33. The van der Waals surface area contributed by atoms with Crippen LogP contribution in [0.2, 0.25) is 19.6 Å². The highest BCUT2D eigenvalue weighted by molar-refractivity contribution is 7.92. The Morgan fingerprint density at radius 2 is 1.64 bits per heavy atom. The minimum atomic E-state index is -3.55. The van der Waals surface area contributed by atoms with Gasteiger partial charge >= 0.3 is 0 Å². The van der Waals surface area contributed by atoms with Crippen LogP contribution in [0.4, 0.5) is 0 Å². The molecule has 2 rings (SSSR count). The SMILES string of the molecule is C=CCCCC(C)(c1ccccc1C[Si](C)(C)C)S(=O)(=O)c1ccc(C)cc1. The van der Waals surface area contributed by atoms with E-state index in [1.807, 2.05) is 50.3 Å². The Morgan fingerprint density at radius 1 is 1.04 bits per heavy atom. The number of unbranched alkanes of at least 4 members (excludes halogenated alkanes) is 1. The zero-order chi connectivity index (χ0) is 21.0. The topological polar surface area (TPSA) is 34.1 Å². The number of hydrogen-bond donors (Lipinski definition) is 0.